The van der Waals surface area contributed by atoms with E-state index in [4.69, 9.17) is 25.8 Å². The van der Waals surface area contributed by atoms with Crippen LogP contribution in [0.4, 0.5) is 0 Å². The lowest BCUT2D eigenvalue weighted by Gasteiger charge is -2.21. The van der Waals surface area contributed by atoms with Crippen molar-refractivity contribution in [1.29, 1.82) is 0 Å². The molecule has 0 rings (SSSR count). The van der Waals surface area contributed by atoms with Gasteiger partial charge in [0.05, 0.1) is 71.4 Å². The summed E-state index contributed by atoms with van der Waals surface area (Å²) in [6, 6.07) is -0.972. The van der Waals surface area contributed by atoms with Gasteiger partial charge < -0.3 is 51.2 Å². The lowest BCUT2D eigenvalue weighted by atomic mass is 9.83. The molecule has 0 aliphatic rings. The summed E-state index contributed by atoms with van der Waals surface area (Å²) in [4.78, 5) is 103. The molecule has 21 nitrogen and oxygen atoms in total. The Balaban J connectivity index is 4.91. The van der Waals surface area contributed by atoms with Crippen molar-refractivity contribution in [3.8, 4) is 0 Å². The molecule has 0 aromatic heterocycles. The molecule has 0 aliphatic heterocycles. The van der Waals surface area contributed by atoms with E-state index in [-0.39, 0.29) is 57.5 Å². The second-order valence-corrected chi connectivity index (χ2v) is 14.4. The molecule has 0 saturated heterocycles. The average molecular weight is 864 g/mol. The van der Waals surface area contributed by atoms with Crippen LogP contribution in [0.2, 0.25) is 0 Å². The number of rotatable bonds is 39. The van der Waals surface area contributed by atoms with E-state index < -0.39 is 154 Å². The summed E-state index contributed by atoms with van der Waals surface area (Å²) in [5.74, 6) is -13.8. The fourth-order valence-electron chi connectivity index (χ4n) is 5.68. The summed E-state index contributed by atoms with van der Waals surface area (Å²) in [5, 5.41) is 63.7. The van der Waals surface area contributed by atoms with Gasteiger partial charge in [-0.2, -0.15) is 12.6 Å². The van der Waals surface area contributed by atoms with E-state index in [0.29, 0.717) is 19.4 Å². The smallest absolute Gasteiger partial charge is 0.309 e. The predicted octanol–water partition coefficient (Wildman–Crippen LogP) is -1.24. The fraction of sp³-hybridized carbons (Fsp3) is 0.784. The number of azide groups is 1. The maximum atomic E-state index is 13.1. The number of carbonyl (C=O) groups is 8. The number of carboxylic acids is 1. The normalized spacial score (nSPS) is 14.8. The highest BCUT2D eigenvalue weighted by atomic mass is 32.1. The number of hydrogen-bond donors (Lipinski definition) is 9. The van der Waals surface area contributed by atoms with Gasteiger partial charge in [-0.25, -0.2) is 0 Å². The average Bonchev–Trinajstić information content (AvgIpc) is 3.22. The summed E-state index contributed by atoms with van der Waals surface area (Å²) >= 11 is 4.09. The predicted molar refractivity (Wildman–Crippen MR) is 211 cm³/mol. The lowest BCUT2D eigenvalue weighted by Crippen LogP contribution is -2.36. The van der Waals surface area contributed by atoms with Crippen molar-refractivity contribution in [2.75, 3.05) is 78.3 Å². The molecule has 336 valence electrons. The van der Waals surface area contributed by atoms with Crippen molar-refractivity contribution in [3.63, 3.8) is 0 Å². The van der Waals surface area contributed by atoms with Crippen LogP contribution in [0.1, 0.15) is 64.2 Å². The van der Waals surface area contributed by atoms with Crippen LogP contribution in [-0.4, -0.2) is 162 Å². The van der Waals surface area contributed by atoms with Crippen LogP contribution < -0.4 is 11.1 Å². The third-order valence-electron chi connectivity index (χ3n) is 9.56. The summed E-state index contributed by atoms with van der Waals surface area (Å²) in [6.07, 6.45) is -1.99. The summed E-state index contributed by atoms with van der Waals surface area (Å²) in [6.45, 7) is -2.48. The largest absolute Gasteiger partial charge is 0.481 e. The maximum Gasteiger partial charge on any atom is 0.309 e. The van der Waals surface area contributed by atoms with E-state index in [9.17, 15) is 63.9 Å². The van der Waals surface area contributed by atoms with E-state index in [1.165, 1.54) is 0 Å². The Morgan fingerprint density at radius 2 is 1.02 bits per heavy atom. The van der Waals surface area contributed by atoms with Gasteiger partial charge >= 0.3 is 5.97 Å². The summed E-state index contributed by atoms with van der Waals surface area (Å²) < 4.78 is 10.5. The number of nitrogens with one attached hydrogen (secondary N) is 1. The number of ketones is 6. The number of carbonyl (C=O) groups excluding carboxylic acids is 7. The standard InChI is InChI=1S/C37H61N5O16S/c38-29(3-1-2-5-40-36(54)4-7-57-9-10-58-8-6-41-42-39)35(53)14-26(20-46)31(49)11-23(17-43)30(48)12-24(18-44)33(51)16-28(22-59)34(52)13-25(19-45)32(50)15-27(21-47)37(55)56/h23-29,43-47,59H,1-22,38H2,(H,40,54)(H,55,56). The van der Waals surface area contributed by atoms with Crippen molar-refractivity contribution < 1.29 is 78.5 Å². The minimum atomic E-state index is -1.44. The van der Waals surface area contributed by atoms with Crippen LogP contribution in [-0.2, 0) is 47.8 Å². The summed E-state index contributed by atoms with van der Waals surface area (Å²) in [7, 11) is 0. The Labute approximate surface area is 347 Å². The Bertz CT molecular complexity index is 1400. The van der Waals surface area contributed by atoms with Crippen molar-refractivity contribution in [2.45, 2.75) is 70.3 Å². The van der Waals surface area contributed by atoms with E-state index >= 15 is 0 Å². The second-order valence-electron chi connectivity index (χ2n) is 14.0. The minimum absolute atomic E-state index is 0.127. The third-order valence-corrected chi connectivity index (χ3v) is 10.00. The SMILES string of the molecule is [N-]=[N+]=NCCOCCOCCC(=O)NCCCCC(N)C(=O)CC(CO)C(=O)CC(CO)C(=O)CC(CO)C(=O)CC(CS)C(=O)CC(CO)C(=O)CC(CO)C(=O)O. The monoisotopic (exact) mass is 863 g/mol. The van der Waals surface area contributed by atoms with Crippen molar-refractivity contribution >= 4 is 59.2 Å². The number of aliphatic carboxylic acids is 1. The van der Waals surface area contributed by atoms with Gasteiger partial charge in [-0.05, 0) is 24.8 Å². The number of aliphatic hydroxyl groups is 5. The van der Waals surface area contributed by atoms with E-state index in [2.05, 4.69) is 28.0 Å². The highest BCUT2D eigenvalue weighted by Crippen LogP contribution is 2.23. The number of Topliss-reactive ketones (excluding diaryl/α,β-unsaturated/α-hetero) is 6. The molecule has 0 radical (unpaired) electrons. The van der Waals surface area contributed by atoms with Crippen LogP contribution in [0.25, 0.3) is 10.4 Å². The number of nitrogens with zero attached hydrogens (tertiary/aromatic N) is 3. The molecule has 0 saturated carbocycles. The Hall–Kier alpha value is -3.70. The number of carboxylic acid groups (broad SMARTS) is 1. The van der Waals surface area contributed by atoms with Gasteiger partial charge in [0.25, 0.3) is 0 Å². The van der Waals surface area contributed by atoms with Crippen LogP contribution in [0.5, 0.6) is 0 Å². The number of ether oxygens (including phenoxy) is 2. The molecule has 9 N–H and O–H groups in total. The third kappa shape index (κ3) is 23.6. The zero-order chi connectivity index (χ0) is 44.8. The van der Waals surface area contributed by atoms with Crippen LogP contribution >= 0.6 is 12.6 Å². The van der Waals surface area contributed by atoms with Gasteiger partial charge in [-0.15, -0.1) is 0 Å². The van der Waals surface area contributed by atoms with Gasteiger partial charge in [-0.3, -0.25) is 38.4 Å². The first-order valence-electron chi connectivity index (χ1n) is 19.4. The quantitative estimate of drug-likeness (QED) is 0.0115. The highest BCUT2D eigenvalue weighted by Gasteiger charge is 2.34. The van der Waals surface area contributed by atoms with Crippen molar-refractivity contribution in [3.05, 3.63) is 10.4 Å². The Morgan fingerprint density at radius 3 is 1.44 bits per heavy atom. The van der Waals surface area contributed by atoms with E-state index in [1.54, 1.807) is 0 Å². The second kappa shape index (κ2) is 33.1. The molecule has 0 aromatic carbocycles. The Kier molecular flexibility index (Phi) is 31.0. The molecule has 0 aromatic rings. The molecule has 22 heteroatoms. The van der Waals surface area contributed by atoms with Gasteiger partial charge in [0.1, 0.15) is 34.7 Å². The van der Waals surface area contributed by atoms with Crippen LogP contribution in [0.15, 0.2) is 5.11 Å². The molecule has 7 atom stereocenters. The fourth-order valence-corrected chi connectivity index (χ4v) is 6.01. The van der Waals surface area contributed by atoms with Crippen molar-refractivity contribution in [1.82, 2.24) is 5.32 Å². The zero-order valence-electron chi connectivity index (χ0n) is 33.2. The molecular weight excluding hydrogens is 802 g/mol. The molecule has 59 heavy (non-hydrogen) atoms. The maximum absolute atomic E-state index is 13.1. The number of aliphatic hydroxyl groups excluding tert-OH is 5. The molecule has 0 fully saturated rings. The van der Waals surface area contributed by atoms with Gasteiger partial charge in [0.2, 0.25) is 5.91 Å². The lowest BCUT2D eigenvalue weighted by molar-refractivity contribution is -0.146. The van der Waals surface area contributed by atoms with Crippen LogP contribution in [0, 0.1) is 35.5 Å². The van der Waals surface area contributed by atoms with Gasteiger partial charge in [0, 0.05) is 98.3 Å². The number of amides is 1. The number of unbranched alkanes of at least 4 members (excludes halogenated alkanes) is 1. The van der Waals surface area contributed by atoms with Gasteiger partial charge in [0.15, 0.2) is 0 Å². The zero-order valence-corrected chi connectivity index (χ0v) is 34.1. The van der Waals surface area contributed by atoms with E-state index in [0.717, 1.165) is 0 Å². The van der Waals surface area contributed by atoms with Crippen molar-refractivity contribution in [2.24, 2.45) is 46.4 Å². The topological polar surface area (TPSA) is 363 Å². The van der Waals surface area contributed by atoms with E-state index in [1.807, 2.05) is 0 Å². The first-order chi connectivity index (χ1) is 28.1. The molecule has 7 unspecified atom stereocenters. The highest BCUT2D eigenvalue weighted by molar-refractivity contribution is 7.80. The minimum Gasteiger partial charge on any atom is -0.481 e. The first kappa shape index (κ1) is 55.3. The first-order valence-corrected chi connectivity index (χ1v) is 20.0. The molecule has 0 heterocycles. The molecular formula is C37H61N5O16S. The number of hydrogen-bond acceptors (Lipinski definition) is 18. The summed E-state index contributed by atoms with van der Waals surface area (Å²) in [5.41, 5.74) is 14.2. The molecule has 0 bridgehead atoms. The Morgan fingerprint density at radius 1 is 0.610 bits per heavy atom. The van der Waals surface area contributed by atoms with Gasteiger partial charge in [-0.1, -0.05) is 5.11 Å². The number of thiol groups is 1. The molecule has 0 spiro atoms. The number of nitrogens with two attached hydrogens (primary N) is 1. The molecule has 0 aliphatic carbocycles. The molecule has 1 amide bonds. The van der Waals surface area contributed by atoms with Crippen LogP contribution in [0.3, 0.4) is 0 Å².